The number of halogens is 1. The first-order valence-corrected chi connectivity index (χ1v) is 8.67. The van der Waals surface area contributed by atoms with Gasteiger partial charge in [-0.3, -0.25) is 0 Å². The lowest BCUT2D eigenvalue weighted by molar-refractivity contribution is 0.411. The van der Waals surface area contributed by atoms with Gasteiger partial charge in [-0.1, -0.05) is 12.1 Å². The topological polar surface area (TPSA) is 75.1 Å². The van der Waals surface area contributed by atoms with Crippen LogP contribution in [0.3, 0.4) is 0 Å². The Kier molecular flexibility index (Phi) is 10.4. The second-order valence-electron chi connectivity index (χ2n) is 5.71. The van der Waals surface area contributed by atoms with Crippen molar-refractivity contribution in [1.82, 2.24) is 10.6 Å². The van der Waals surface area contributed by atoms with E-state index in [1.807, 2.05) is 19.1 Å². The highest BCUT2D eigenvalue weighted by molar-refractivity contribution is 14.0. The first-order valence-electron chi connectivity index (χ1n) is 8.67. The van der Waals surface area contributed by atoms with Gasteiger partial charge in [0.25, 0.3) is 0 Å². The Hall–Kier alpha value is -2.16. The second kappa shape index (κ2) is 12.3. The summed E-state index contributed by atoms with van der Waals surface area (Å²) < 4.78 is 10.4. The zero-order chi connectivity index (χ0) is 18.8. The maximum Gasteiger partial charge on any atom is 0.191 e. The lowest BCUT2D eigenvalue weighted by Crippen LogP contribution is -2.38. The van der Waals surface area contributed by atoms with Gasteiger partial charge in [-0.25, -0.2) is 4.99 Å². The fourth-order valence-corrected chi connectivity index (χ4v) is 2.44. The van der Waals surface area contributed by atoms with Gasteiger partial charge in [-0.15, -0.1) is 24.0 Å². The number of phenolic OH excluding ortho intramolecular Hbond substituents is 1. The highest BCUT2D eigenvalue weighted by atomic mass is 127. The number of benzene rings is 2. The van der Waals surface area contributed by atoms with E-state index >= 15 is 0 Å². The molecule has 0 amide bonds. The summed E-state index contributed by atoms with van der Waals surface area (Å²) in [6, 6.07) is 13.2. The molecule has 0 unspecified atom stereocenters. The first-order chi connectivity index (χ1) is 12.7. The fourth-order valence-electron chi connectivity index (χ4n) is 2.44. The average molecular weight is 485 g/mol. The molecule has 0 fully saturated rings. The highest BCUT2D eigenvalue weighted by Gasteiger charge is 2.04. The Morgan fingerprint density at radius 3 is 2.30 bits per heavy atom. The SMILES string of the molecule is CCNC(=NCc1cc(OC)ccc1O)NCCc1ccc(OC)cc1.I. The van der Waals surface area contributed by atoms with Gasteiger partial charge in [0.1, 0.15) is 17.2 Å². The van der Waals surface area contributed by atoms with Crippen LogP contribution in [-0.4, -0.2) is 38.4 Å². The molecule has 0 saturated carbocycles. The van der Waals surface area contributed by atoms with Gasteiger partial charge in [-0.2, -0.15) is 0 Å². The van der Waals surface area contributed by atoms with Crippen LogP contribution in [0.25, 0.3) is 0 Å². The number of nitrogens with zero attached hydrogens (tertiary/aromatic N) is 1. The summed E-state index contributed by atoms with van der Waals surface area (Å²) in [7, 11) is 3.26. The zero-order valence-electron chi connectivity index (χ0n) is 16.0. The molecule has 148 valence electrons. The fraction of sp³-hybridized carbons (Fsp3) is 0.350. The third-order valence-electron chi connectivity index (χ3n) is 3.90. The van der Waals surface area contributed by atoms with Gasteiger partial charge < -0.3 is 25.2 Å². The molecular formula is C20H28IN3O3. The van der Waals surface area contributed by atoms with Crippen molar-refractivity contribution in [3.8, 4) is 17.2 Å². The Morgan fingerprint density at radius 1 is 1.00 bits per heavy atom. The monoisotopic (exact) mass is 485 g/mol. The molecule has 0 heterocycles. The van der Waals surface area contributed by atoms with Crippen LogP contribution in [0, 0.1) is 0 Å². The summed E-state index contributed by atoms with van der Waals surface area (Å²) >= 11 is 0. The molecule has 0 aromatic heterocycles. The number of nitrogens with one attached hydrogen (secondary N) is 2. The van der Waals surface area contributed by atoms with Crippen molar-refractivity contribution in [1.29, 1.82) is 0 Å². The highest BCUT2D eigenvalue weighted by Crippen LogP contribution is 2.23. The third kappa shape index (κ3) is 7.54. The van der Waals surface area contributed by atoms with E-state index in [9.17, 15) is 5.11 Å². The Balaban J connectivity index is 0.00000364. The van der Waals surface area contributed by atoms with Crippen LogP contribution < -0.4 is 20.1 Å². The smallest absolute Gasteiger partial charge is 0.191 e. The molecule has 7 heteroatoms. The number of phenols is 1. The van der Waals surface area contributed by atoms with E-state index in [1.165, 1.54) is 5.56 Å². The van der Waals surface area contributed by atoms with Crippen LogP contribution in [0.4, 0.5) is 0 Å². The summed E-state index contributed by atoms with van der Waals surface area (Å²) in [4.78, 5) is 4.54. The van der Waals surface area contributed by atoms with Gasteiger partial charge in [0.05, 0.1) is 20.8 Å². The predicted molar refractivity (Wildman–Crippen MR) is 120 cm³/mol. The molecule has 2 rings (SSSR count). The molecule has 0 atom stereocenters. The Morgan fingerprint density at radius 2 is 1.67 bits per heavy atom. The molecule has 27 heavy (non-hydrogen) atoms. The average Bonchev–Trinajstić information content (AvgIpc) is 2.67. The second-order valence-corrected chi connectivity index (χ2v) is 5.71. The molecule has 3 N–H and O–H groups in total. The number of methoxy groups -OCH3 is 2. The number of hydrogen-bond donors (Lipinski definition) is 3. The summed E-state index contributed by atoms with van der Waals surface area (Å²) in [5.74, 6) is 2.48. The maximum atomic E-state index is 9.96. The normalized spacial score (nSPS) is 10.7. The van der Waals surface area contributed by atoms with Gasteiger partial charge in [0.2, 0.25) is 0 Å². The quantitative estimate of drug-likeness (QED) is 0.304. The summed E-state index contributed by atoms with van der Waals surface area (Å²) in [5.41, 5.74) is 1.94. The molecule has 0 aliphatic carbocycles. The number of aromatic hydroxyl groups is 1. The van der Waals surface area contributed by atoms with E-state index in [1.54, 1.807) is 32.4 Å². The van der Waals surface area contributed by atoms with E-state index in [0.717, 1.165) is 30.8 Å². The molecule has 0 radical (unpaired) electrons. The van der Waals surface area contributed by atoms with Crippen molar-refractivity contribution in [2.45, 2.75) is 19.9 Å². The Bertz CT molecular complexity index is 721. The molecule has 2 aromatic carbocycles. The Labute approximate surface area is 178 Å². The summed E-state index contributed by atoms with van der Waals surface area (Å²) in [5, 5.41) is 16.5. The molecule has 0 aliphatic heterocycles. The van der Waals surface area contributed by atoms with Crippen molar-refractivity contribution in [3.05, 3.63) is 53.6 Å². The molecule has 0 saturated heterocycles. The minimum Gasteiger partial charge on any atom is -0.508 e. The van der Waals surface area contributed by atoms with Crippen LogP contribution in [-0.2, 0) is 13.0 Å². The van der Waals surface area contributed by atoms with Crippen molar-refractivity contribution in [2.24, 2.45) is 4.99 Å². The predicted octanol–water partition coefficient (Wildman–Crippen LogP) is 3.33. The van der Waals surface area contributed by atoms with Gasteiger partial charge in [0.15, 0.2) is 5.96 Å². The van der Waals surface area contributed by atoms with E-state index in [4.69, 9.17) is 9.47 Å². The van der Waals surface area contributed by atoms with Crippen molar-refractivity contribution in [2.75, 3.05) is 27.3 Å². The molecule has 0 bridgehead atoms. The molecule has 0 aliphatic rings. The largest absolute Gasteiger partial charge is 0.508 e. The van der Waals surface area contributed by atoms with E-state index in [2.05, 4.69) is 27.8 Å². The molecular weight excluding hydrogens is 457 g/mol. The van der Waals surface area contributed by atoms with E-state index < -0.39 is 0 Å². The summed E-state index contributed by atoms with van der Waals surface area (Å²) in [6.07, 6.45) is 0.874. The maximum absolute atomic E-state index is 9.96. The zero-order valence-corrected chi connectivity index (χ0v) is 18.3. The minimum absolute atomic E-state index is 0. The number of rotatable bonds is 8. The molecule has 0 spiro atoms. The number of hydrogen-bond acceptors (Lipinski definition) is 4. The lowest BCUT2D eigenvalue weighted by Gasteiger charge is -2.12. The first kappa shape index (κ1) is 22.9. The van der Waals surface area contributed by atoms with Gasteiger partial charge >= 0.3 is 0 Å². The van der Waals surface area contributed by atoms with E-state index in [0.29, 0.717) is 18.3 Å². The van der Waals surface area contributed by atoms with Crippen LogP contribution in [0.1, 0.15) is 18.1 Å². The number of guanidine groups is 1. The standard InChI is InChI=1S/C20H27N3O3.HI/c1-4-21-20(22-12-11-15-5-7-17(25-2)8-6-15)23-14-16-13-18(26-3)9-10-19(16)24;/h5-10,13,24H,4,11-12,14H2,1-3H3,(H2,21,22,23);1H. The number of aliphatic imine (C=N–C) groups is 1. The van der Waals surface area contributed by atoms with Crippen LogP contribution in [0.5, 0.6) is 17.2 Å². The summed E-state index contributed by atoms with van der Waals surface area (Å²) in [6.45, 7) is 3.89. The van der Waals surface area contributed by atoms with Gasteiger partial charge in [-0.05, 0) is 49.2 Å². The van der Waals surface area contributed by atoms with Gasteiger partial charge in [0, 0.05) is 18.7 Å². The molecule has 2 aromatic rings. The third-order valence-corrected chi connectivity index (χ3v) is 3.90. The van der Waals surface area contributed by atoms with E-state index in [-0.39, 0.29) is 29.7 Å². The van der Waals surface area contributed by atoms with Crippen LogP contribution in [0.15, 0.2) is 47.5 Å². The minimum atomic E-state index is 0. The van der Waals surface area contributed by atoms with Crippen molar-refractivity contribution < 1.29 is 14.6 Å². The van der Waals surface area contributed by atoms with Crippen molar-refractivity contribution in [3.63, 3.8) is 0 Å². The number of ether oxygens (including phenoxy) is 2. The van der Waals surface area contributed by atoms with Crippen LogP contribution >= 0.6 is 24.0 Å². The van der Waals surface area contributed by atoms with Crippen LogP contribution in [0.2, 0.25) is 0 Å². The lowest BCUT2D eigenvalue weighted by atomic mass is 10.1. The van der Waals surface area contributed by atoms with Crippen molar-refractivity contribution >= 4 is 29.9 Å². The molecule has 6 nitrogen and oxygen atoms in total.